The van der Waals surface area contributed by atoms with Crippen LogP contribution in [0.25, 0.3) is 0 Å². The molecule has 15 heavy (non-hydrogen) atoms. The van der Waals surface area contributed by atoms with Crippen LogP contribution in [-0.2, 0) is 0 Å². The Morgan fingerprint density at radius 1 is 1.33 bits per heavy atom. The molecule has 0 saturated carbocycles. The van der Waals surface area contributed by atoms with Gasteiger partial charge in [0.1, 0.15) is 5.82 Å². The number of nitrogens with one attached hydrogen (secondary N) is 1. The fourth-order valence-electron chi connectivity index (χ4n) is 1.10. The number of aromatic nitrogens is 1. The lowest BCUT2D eigenvalue weighted by Gasteiger charge is -2.18. The molecule has 0 saturated heterocycles. The molecule has 0 aliphatic rings. The predicted octanol–water partition coefficient (Wildman–Crippen LogP) is 4.45. The first kappa shape index (κ1) is 13.0. The van der Waals surface area contributed by atoms with Gasteiger partial charge in [0, 0.05) is 17.2 Å². The van der Waals surface area contributed by atoms with E-state index in [1.54, 1.807) is 6.20 Å². The van der Waals surface area contributed by atoms with Crippen molar-refractivity contribution in [3.05, 3.63) is 21.2 Å². The fraction of sp³-hybridized carbons (Fsp3) is 0.545. The van der Waals surface area contributed by atoms with Crippen LogP contribution in [0.15, 0.2) is 21.2 Å². The van der Waals surface area contributed by atoms with E-state index in [4.69, 9.17) is 0 Å². The van der Waals surface area contributed by atoms with E-state index in [0.717, 1.165) is 27.7 Å². The van der Waals surface area contributed by atoms with Crippen molar-refractivity contribution in [3.63, 3.8) is 0 Å². The third kappa shape index (κ3) is 4.98. The molecule has 4 heteroatoms. The van der Waals surface area contributed by atoms with Crippen LogP contribution in [0.5, 0.6) is 0 Å². The lowest BCUT2D eigenvalue weighted by Crippen LogP contribution is -2.13. The minimum absolute atomic E-state index is 0.356. The van der Waals surface area contributed by atoms with E-state index < -0.39 is 0 Å². The Kier molecular flexibility index (Phi) is 4.59. The first-order valence-electron chi connectivity index (χ1n) is 4.93. The minimum atomic E-state index is 0.356. The first-order chi connectivity index (χ1) is 6.88. The summed E-state index contributed by atoms with van der Waals surface area (Å²) in [6.07, 6.45) is 2.92. The molecule has 2 nitrogen and oxygen atoms in total. The van der Waals surface area contributed by atoms with Gasteiger partial charge in [0.2, 0.25) is 0 Å². The van der Waals surface area contributed by atoms with Crippen LogP contribution in [0, 0.1) is 5.41 Å². The number of hydrogen-bond donors (Lipinski definition) is 1. The second kappa shape index (κ2) is 5.30. The average Bonchev–Trinajstić information content (AvgIpc) is 2.07. The molecule has 0 atom stereocenters. The molecule has 0 spiro atoms. The summed E-state index contributed by atoms with van der Waals surface area (Å²) >= 11 is 6.85. The summed E-state index contributed by atoms with van der Waals surface area (Å²) in [6.45, 7) is 7.65. The third-order valence-electron chi connectivity index (χ3n) is 1.98. The highest BCUT2D eigenvalue weighted by Crippen LogP contribution is 2.24. The highest BCUT2D eigenvalue weighted by Gasteiger charge is 2.09. The van der Waals surface area contributed by atoms with Gasteiger partial charge in [0.25, 0.3) is 0 Å². The Hall–Kier alpha value is -0.0900. The normalized spacial score (nSPS) is 11.5. The molecule has 1 aromatic rings. The number of pyridine rings is 1. The summed E-state index contributed by atoms with van der Waals surface area (Å²) in [5, 5.41) is 3.32. The smallest absolute Gasteiger partial charge is 0.140 e. The predicted molar refractivity (Wildman–Crippen MR) is 72.2 cm³/mol. The van der Waals surface area contributed by atoms with Gasteiger partial charge in [0.05, 0.1) is 4.47 Å². The zero-order valence-electron chi connectivity index (χ0n) is 9.27. The number of halogens is 2. The van der Waals surface area contributed by atoms with E-state index in [9.17, 15) is 0 Å². The van der Waals surface area contributed by atoms with E-state index in [2.05, 4.69) is 62.9 Å². The quantitative estimate of drug-likeness (QED) is 0.882. The molecule has 1 rings (SSSR count). The van der Waals surface area contributed by atoms with E-state index in [-0.39, 0.29) is 0 Å². The summed E-state index contributed by atoms with van der Waals surface area (Å²) in [6, 6.07) is 1.99. The van der Waals surface area contributed by atoms with E-state index in [0.29, 0.717) is 5.41 Å². The number of rotatable bonds is 3. The van der Waals surface area contributed by atoms with Crippen LogP contribution in [0.4, 0.5) is 5.82 Å². The van der Waals surface area contributed by atoms with Crippen molar-refractivity contribution >= 4 is 37.7 Å². The molecule has 0 aliphatic heterocycles. The molecule has 0 amide bonds. The lowest BCUT2D eigenvalue weighted by atomic mass is 9.92. The molecule has 0 aliphatic carbocycles. The standard InChI is InChI=1S/C11H16Br2N2/c1-11(2,3)4-5-14-10-9(13)6-8(12)7-15-10/h6-7H,4-5H2,1-3H3,(H,14,15). The van der Waals surface area contributed by atoms with Crippen LogP contribution in [0.2, 0.25) is 0 Å². The maximum absolute atomic E-state index is 4.29. The van der Waals surface area contributed by atoms with Crippen molar-refractivity contribution in [1.29, 1.82) is 0 Å². The Balaban J connectivity index is 2.51. The number of anilines is 1. The number of hydrogen-bond acceptors (Lipinski definition) is 2. The Labute approximate surface area is 108 Å². The zero-order chi connectivity index (χ0) is 11.5. The van der Waals surface area contributed by atoms with Crippen molar-refractivity contribution in [2.24, 2.45) is 5.41 Å². The van der Waals surface area contributed by atoms with Gasteiger partial charge < -0.3 is 5.32 Å². The maximum Gasteiger partial charge on any atom is 0.140 e. The van der Waals surface area contributed by atoms with Crippen molar-refractivity contribution in [3.8, 4) is 0 Å². The molecule has 0 radical (unpaired) electrons. The van der Waals surface area contributed by atoms with Crippen LogP contribution in [0.3, 0.4) is 0 Å². The molecule has 1 N–H and O–H groups in total. The van der Waals surface area contributed by atoms with E-state index in [1.807, 2.05) is 6.07 Å². The molecule has 0 aromatic carbocycles. The first-order valence-corrected chi connectivity index (χ1v) is 6.52. The van der Waals surface area contributed by atoms with Gasteiger partial charge in [-0.1, -0.05) is 20.8 Å². The Bertz CT molecular complexity index is 332. The molecule has 1 aromatic heterocycles. The Morgan fingerprint density at radius 2 is 2.00 bits per heavy atom. The zero-order valence-corrected chi connectivity index (χ0v) is 12.4. The van der Waals surface area contributed by atoms with E-state index in [1.165, 1.54) is 0 Å². The molecule has 0 unspecified atom stereocenters. The SMILES string of the molecule is CC(C)(C)CCNc1ncc(Br)cc1Br. The molecule has 84 valence electrons. The van der Waals surface area contributed by atoms with Gasteiger partial charge in [-0.25, -0.2) is 4.98 Å². The topological polar surface area (TPSA) is 24.9 Å². The summed E-state index contributed by atoms with van der Waals surface area (Å²) in [4.78, 5) is 4.29. The third-order valence-corrected chi connectivity index (χ3v) is 3.01. The van der Waals surface area contributed by atoms with E-state index >= 15 is 0 Å². The second-order valence-electron chi connectivity index (χ2n) is 4.72. The highest BCUT2D eigenvalue weighted by atomic mass is 79.9. The van der Waals surface area contributed by atoms with Crippen LogP contribution in [0.1, 0.15) is 27.2 Å². The Morgan fingerprint density at radius 3 is 2.53 bits per heavy atom. The van der Waals surface area contributed by atoms with Gasteiger partial charge in [-0.2, -0.15) is 0 Å². The summed E-state index contributed by atoms with van der Waals surface area (Å²) in [7, 11) is 0. The van der Waals surface area contributed by atoms with Gasteiger partial charge >= 0.3 is 0 Å². The van der Waals surface area contributed by atoms with Crippen molar-refractivity contribution in [1.82, 2.24) is 4.98 Å². The van der Waals surface area contributed by atoms with Gasteiger partial charge in [-0.05, 0) is 49.8 Å². The van der Waals surface area contributed by atoms with Gasteiger partial charge in [-0.3, -0.25) is 0 Å². The second-order valence-corrected chi connectivity index (χ2v) is 6.49. The van der Waals surface area contributed by atoms with Gasteiger partial charge in [0.15, 0.2) is 0 Å². The van der Waals surface area contributed by atoms with Crippen molar-refractivity contribution in [2.45, 2.75) is 27.2 Å². The highest BCUT2D eigenvalue weighted by molar-refractivity contribution is 9.11. The molecule has 0 bridgehead atoms. The molecule has 1 heterocycles. The molecular formula is C11H16Br2N2. The monoisotopic (exact) mass is 334 g/mol. The van der Waals surface area contributed by atoms with Gasteiger partial charge in [-0.15, -0.1) is 0 Å². The fourth-order valence-corrected chi connectivity index (χ4v) is 2.23. The van der Waals surface area contributed by atoms with Crippen LogP contribution in [-0.4, -0.2) is 11.5 Å². The lowest BCUT2D eigenvalue weighted by molar-refractivity contribution is 0.389. The molecular weight excluding hydrogens is 320 g/mol. The average molecular weight is 336 g/mol. The largest absolute Gasteiger partial charge is 0.369 e. The number of nitrogens with zero attached hydrogens (tertiary/aromatic N) is 1. The molecule has 0 fully saturated rings. The summed E-state index contributed by atoms with van der Waals surface area (Å²) < 4.78 is 1.97. The van der Waals surface area contributed by atoms with Crippen LogP contribution >= 0.6 is 31.9 Å². The summed E-state index contributed by atoms with van der Waals surface area (Å²) in [5.41, 5.74) is 0.356. The maximum atomic E-state index is 4.29. The van der Waals surface area contributed by atoms with Crippen molar-refractivity contribution < 1.29 is 0 Å². The summed E-state index contributed by atoms with van der Waals surface area (Å²) in [5.74, 6) is 0.905. The minimum Gasteiger partial charge on any atom is -0.369 e. The van der Waals surface area contributed by atoms with Crippen molar-refractivity contribution in [2.75, 3.05) is 11.9 Å². The van der Waals surface area contributed by atoms with Crippen LogP contribution < -0.4 is 5.32 Å².